The average Bonchev–Trinajstić information content (AvgIpc) is 2.15. The lowest BCUT2D eigenvalue weighted by molar-refractivity contribution is 0.459. The summed E-state index contributed by atoms with van der Waals surface area (Å²) in [7, 11) is 0. The van der Waals surface area contributed by atoms with E-state index in [0.29, 0.717) is 5.82 Å². The van der Waals surface area contributed by atoms with Crippen LogP contribution in [-0.2, 0) is 0 Å². The fraction of sp³-hybridized carbons (Fsp3) is 0.500. The lowest BCUT2D eigenvalue weighted by Gasteiger charge is -2.22. The molecule has 1 aromatic rings. The highest BCUT2D eigenvalue weighted by Crippen LogP contribution is 2.18. The molecule has 7 heteroatoms. The number of nitrogens with two attached hydrogens (primary N) is 2. The predicted octanol–water partition coefficient (Wildman–Crippen LogP) is 0.0742. The first-order valence-electron chi connectivity index (χ1n) is 4.20. The van der Waals surface area contributed by atoms with Crippen LogP contribution in [0.25, 0.3) is 0 Å². The molecule has 0 spiro atoms. The number of hydrogen-bond donors (Lipinski definition) is 2. The maximum Gasteiger partial charge on any atom is 0.225 e. The van der Waals surface area contributed by atoms with Gasteiger partial charge in [0.2, 0.25) is 5.28 Å². The van der Waals surface area contributed by atoms with E-state index in [2.05, 4.69) is 15.0 Å². The molecule has 0 aliphatic carbocycles. The lowest BCUT2D eigenvalue weighted by atomic mass is 9.95. The van der Waals surface area contributed by atoms with Gasteiger partial charge in [0, 0.05) is 0 Å². The first kappa shape index (κ1) is 11.8. The third kappa shape index (κ3) is 2.59. The monoisotopic (exact) mass is 226 g/mol. The van der Waals surface area contributed by atoms with E-state index in [0.717, 1.165) is 0 Å². The van der Waals surface area contributed by atoms with Crippen LogP contribution in [0.5, 0.6) is 0 Å². The molecule has 0 saturated carbocycles. The number of aryl methyl sites for hydroxylation is 1. The number of nitriles is 1. The molecule has 4 N–H and O–H groups in total. The summed E-state index contributed by atoms with van der Waals surface area (Å²) in [6, 6.07) is 1.08. The topological polar surface area (TPSA) is 114 Å². The molecule has 6 nitrogen and oxygen atoms in total. The zero-order valence-electron chi connectivity index (χ0n) is 8.40. The Hall–Kier alpha value is -1.29. The van der Waals surface area contributed by atoms with Gasteiger partial charge in [-0.2, -0.15) is 5.26 Å². The molecule has 1 rings (SSSR count). The Balaban J connectivity index is 3.13. The van der Waals surface area contributed by atoms with Gasteiger partial charge in [0.25, 0.3) is 0 Å². The fourth-order valence-electron chi connectivity index (χ4n) is 0.946. The second-order valence-electron chi connectivity index (χ2n) is 3.38. The largest absolute Gasteiger partial charge is 0.319 e. The Morgan fingerprint density at radius 2 is 2.07 bits per heavy atom. The summed E-state index contributed by atoms with van der Waals surface area (Å²) in [5.41, 5.74) is 10.2. The van der Waals surface area contributed by atoms with Gasteiger partial charge in [-0.15, -0.1) is 0 Å². The maximum atomic E-state index is 8.81. The number of rotatable bonds is 2. The third-order valence-corrected chi connectivity index (χ3v) is 2.07. The zero-order valence-corrected chi connectivity index (χ0v) is 9.15. The average molecular weight is 227 g/mol. The van der Waals surface area contributed by atoms with Crippen LogP contribution in [0.2, 0.25) is 5.28 Å². The molecule has 0 aromatic carbocycles. The van der Waals surface area contributed by atoms with Gasteiger partial charge >= 0.3 is 0 Å². The van der Waals surface area contributed by atoms with Crippen molar-refractivity contribution in [1.82, 2.24) is 15.0 Å². The van der Waals surface area contributed by atoms with Gasteiger partial charge in [-0.3, -0.25) is 0 Å². The zero-order chi connectivity index (χ0) is 11.6. The minimum Gasteiger partial charge on any atom is -0.319 e. The summed E-state index contributed by atoms with van der Waals surface area (Å²) >= 11 is 5.65. The van der Waals surface area contributed by atoms with Crippen LogP contribution in [0.4, 0.5) is 0 Å². The van der Waals surface area contributed by atoms with Gasteiger partial charge in [0.15, 0.2) is 5.82 Å². The SMILES string of the molecule is Cc1nc(Cl)nc(C(N)C(C)(N)C#N)n1. The normalized spacial score (nSPS) is 16.5. The highest BCUT2D eigenvalue weighted by atomic mass is 35.5. The van der Waals surface area contributed by atoms with E-state index in [1.54, 1.807) is 6.92 Å². The second kappa shape index (κ2) is 4.06. The summed E-state index contributed by atoms with van der Waals surface area (Å²) < 4.78 is 0. The number of nitrogens with zero attached hydrogens (tertiary/aromatic N) is 4. The molecule has 1 aromatic heterocycles. The molecule has 0 saturated heterocycles. The predicted molar refractivity (Wildman–Crippen MR) is 54.7 cm³/mol. The molecule has 15 heavy (non-hydrogen) atoms. The Morgan fingerprint density at radius 1 is 1.47 bits per heavy atom. The van der Waals surface area contributed by atoms with Gasteiger partial charge in [-0.1, -0.05) is 0 Å². The van der Waals surface area contributed by atoms with Gasteiger partial charge in [0.05, 0.1) is 12.1 Å². The summed E-state index contributed by atoms with van der Waals surface area (Å²) in [6.07, 6.45) is 0. The number of hydrogen-bond acceptors (Lipinski definition) is 6. The van der Waals surface area contributed by atoms with Crippen LogP contribution < -0.4 is 11.5 Å². The van der Waals surface area contributed by atoms with Crippen molar-refractivity contribution in [3.63, 3.8) is 0 Å². The van der Waals surface area contributed by atoms with E-state index >= 15 is 0 Å². The summed E-state index contributed by atoms with van der Waals surface area (Å²) in [5.74, 6) is 0.660. The minimum absolute atomic E-state index is 0.0432. The first-order valence-corrected chi connectivity index (χ1v) is 4.58. The number of aromatic nitrogens is 3. The molecule has 0 fully saturated rings. The molecule has 2 atom stereocenters. The Morgan fingerprint density at radius 3 is 2.53 bits per heavy atom. The van der Waals surface area contributed by atoms with E-state index in [1.807, 2.05) is 6.07 Å². The molecule has 0 amide bonds. The van der Waals surface area contributed by atoms with Crippen LogP contribution >= 0.6 is 11.6 Å². The highest BCUT2D eigenvalue weighted by molar-refractivity contribution is 6.28. The van der Waals surface area contributed by atoms with Gasteiger partial charge in [0.1, 0.15) is 11.4 Å². The van der Waals surface area contributed by atoms with Crippen molar-refractivity contribution < 1.29 is 0 Å². The van der Waals surface area contributed by atoms with Crippen LogP contribution in [0.3, 0.4) is 0 Å². The Kier molecular flexibility index (Phi) is 3.19. The quantitative estimate of drug-likeness (QED) is 0.738. The smallest absolute Gasteiger partial charge is 0.225 e. The van der Waals surface area contributed by atoms with E-state index in [9.17, 15) is 0 Å². The van der Waals surface area contributed by atoms with Gasteiger partial charge < -0.3 is 11.5 Å². The van der Waals surface area contributed by atoms with Gasteiger partial charge in [-0.05, 0) is 25.4 Å². The Bertz CT molecular complexity index is 390. The van der Waals surface area contributed by atoms with Crippen LogP contribution in [0.1, 0.15) is 24.6 Å². The van der Waals surface area contributed by atoms with Crippen molar-refractivity contribution in [2.24, 2.45) is 11.5 Å². The maximum absolute atomic E-state index is 8.81. The standard InChI is InChI=1S/C8H11ClN6/c1-4-13-6(15-7(9)14-4)5(11)8(2,12)3-10/h5H,11-12H2,1-2H3. The van der Waals surface area contributed by atoms with Crippen molar-refractivity contribution in [3.8, 4) is 6.07 Å². The molecule has 0 aliphatic rings. The van der Waals surface area contributed by atoms with E-state index < -0.39 is 11.6 Å². The summed E-state index contributed by atoms with van der Waals surface area (Å²) in [4.78, 5) is 11.6. The second-order valence-corrected chi connectivity index (χ2v) is 3.72. The Labute approximate surface area is 92.3 Å². The molecule has 0 aliphatic heterocycles. The van der Waals surface area contributed by atoms with Crippen LogP contribution in [-0.4, -0.2) is 20.5 Å². The molecular formula is C8H11ClN6. The van der Waals surface area contributed by atoms with Crippen molar-refractivity contribution in [2.45, 2.75) is 25.4 Å². The third-order valence-electron chi connectivity index (χ3n) is 1.90. The van der Waals surface area contributed by atoms with Gasteiger partial charge in [-0.25, -0.2) is 15.0 Å². The summed E-state index contributed by atoms with van der Waals surface area (Å²) in [5, 5.41) is 8.85. The minimum atomic E-state index is -1.24. The van der Waals surface area contributed by atoms with Crippen molar-refractivity contribution in [1.29, 1.82) is 5.26 Å². The van der Waals surface area contributed by atoms with E-state index in [4.69, 9.17) is 28.3 Å². The van der Waals surface area contributed by atoms with Crippen molar-refractivity contribution in [2.75, 3.05) is 0 Å². The highest BCUT2D eigenvalue weighted by Gasteiger charge is 2.31. The molecule has 2 unspecified atom stereocenters. The molecule has 1 heterocycles. The summed E-state index contributed by atoms with van der Waals surface area (Å²) in [6.45, 7) is 3.16. The van der Waals surface area contributed by atoms with Crippen LogP contribution in [0.15, 0.2) is 0 Å². The van der Waals surface area contributed by atoms with Crippen molar-refractivity contribution >= 4 is 11.6 Å². The van der Waals surface area contributed by atoms with Crippen molar-refractivity contribution in [3.05, 3.63) is 16.9 Å². The van der Waals surface area contributed by atoms with Crippen LogP contribution in [0, 0.1) is 18.3 Å². The van der Waals surface area contributed by atoms with E-state index in [1.165, 1.54) is 6.92 Å². The molecule has 0 bridgehead atoms. The molecule has 0 radical (unpaired) electrons. The van der Waals surface area contributed by atoms with E-state index in [-0.39, 0.29) is 11.1 Å². The first-order chi connectivity index (χ1) is 6.86. The lowest BCUT2D eigenvalue weighted by Crippen LogP contribution is -2.46. The molecular weight excluding hydrogens is 216 g/mol. The fourth-order valence-corrected chi connectivity index (χ4v) is 1.15. The number of halogens is 1. The molecule has 80 valence electrons.